The van der Waals surface area contributed by atoms with Gasteiger partial charge in [-0.05, 0) is 108 Å². The third-order valence-corrected chi connectivity index (χ3v) is 9.31. The minimum Gasteiger partial charge on any atom is -0.360 e. The molecule has 0 aromatic heterocycles. The van der Waals surface area contributed by atoms with E-state index < -0.39 is 11.2 Å². The normalized spacial score (nSPS) is 37.1. The van der Waals surface area contributed by atoms with Crippen LogP contribution in [0.2, 0.25) is 0 Å². The molecular weight excluding hydrogens is 424 g/mol. The highest BCUT2D eigenvalue weighted by Crippen LogP contribution is 2.51. The van der Waals surface area contributed by atoms with Crippen molar-refractivity contribution in [3.8, 4) is 0 Å². The molecule has 0 saturated carbocycles. The van der Waals surface area contributed by atoms with Crippen LogP contribution in [-0.2, 0) is 19.1 Å². The Morgan fingerprint density at radius 1 is 0.588 bits per heavy atom. The molecule has 4 fully saturated rings. The van der Waals surface area contributed by atoms with E-state index in [4.69, 9.17) is 9.47 Å². The van der Waals surface area contributed by atoms with Crippen molar-refractivity contribution in [2.75, 3.05) is 0 Å². The van der Waals surface area contributed by atoms with Gasteiger partial charge in [-0.15, -0.1) is 0 Å². The average Bonchev–Trinajstić information content (AvgIpc) is 3.06. The Labute approximate surface area is 206 Å². The highest BCUT2D eigenvalue weighted by molar-refractivity contribution is 6.01. The van der Waals surface area contributed by atoms with E-state index in [9.17, 15) is 9.59 Å². The molecule has 1 unspecified atom stereocenters. The number of hydrogen-bond donors (Lipinski definition) is 0. The summed E-state index contributed by atoms with van der Waals surface area (Å²) in [6, 6.07) is 0. The zero-order chi connectivity index (χ0) is 24.5. The molecule has 0 N–H and O–H groups in total. The number of Topliss-reactive ketones (excluding diaryl/α,β-unsaturated/α-hetero) is 2. The lowest BCUT2D eigenvalue weighted by atomic mass is 9.71. The van der Waals surface area contributed by atoms with Crippen molar-refractivity contribution in [3.05, 3.63) is 24.3 Å². The number of fused-ring (bicyclic) bond motifs is 4. The van der Waals surface area contributed by atoms with E-state index in [0.29, 0.717) is 11.1 Å². The molecule has 4 rings (SSSR count). The molecular formula is C30H46O4. The van der Waals surface area contributed by atoms with Crippen molar-refractivity contribution in [3.63, 3.8) is 0 Å². The molecule has 4 aliphatic rings. The average molecular weight is 471 g/mol. The van der Waals surface area contributed by atoms with Crippen LogP contribution in [0, 0.1) is 0 Å². The van der Waals surface area contributed by atoms with Crippen molar-refractivity contribution < 1.29 is 19.1 Å². The van der Waals surface area contributed by atoms with Gasteiger partial charge in [0.2, 0.25) is 0 Å². The summed E-state index contributed by atoms with van der Waals surface area (Å²) in [5, 5.41) is 0. The van der Waals surface area contributed by atoms with Crippen molar-refractivity contribution in [2.24, 2.45) is 0 Å². The summed E-state index contributed by atoms with van der Waals surface area (Å²) in [6.45, 7) is 11.5. The number of carbonyl (C=O) groups is 2. The molecule has 0 spiro atoms. The molecule has 190 valence electrons. The second kappa shape index (κ2) is 10.0. The van der Waals surface area contributed by atoms with E-state index in [-0.39, 0.29) is 22.8 Å². The van der Waals surface area contributed by atoms with E-state index >= 15 is 0 Å². The van der Waals surface area contributed by atoms with Gasteiger partial charge in [0, 0.05) is 0 Å². The Morgan fingerprint density at radius 2 is 1.00 bits per heavy atom. The first-order valence-corrected chi connectivity index (χ1v) is 14.0. The van der Waals surface area contributed by atoms with Gasteiger partial charge in [-0.25, -0.2) is 0 Å². The molecule has 0 aromatic rings. The molecule has 0 amide bonds. The third kappa shape index (κ3) is 5.00. The van der Waals surface area contributed by atoms with Crippen LogP contribution < -0.4 is 0 Å². The minimum atomic E-state index is -0.589. The highest BCUT2D eigenvalue weighted by atomic mass is 16.5. The predicted molar refractivity (Wildman–Crippen MR) is 136 cm³/mol. The lowest BCUT2D eigenvalue weighted by Gasteiger charge is -2.52. The summed E-state index contributed by atoms with van der Waals surface area (Å²) in [5.41, 5.74) is -0.0993. The van der Waals surface area contributed by atoms with Crippen LogP contribution in [-0.4, -0.2) is 34.0 Å². The fraction of sp³-hybridized carbons (Fsp3) is 0.800. The maximum absolute atomic E-state index is 12.9. The van der Waals surface area contributed by atoms with E-state index in [0.717, 1.165) is 103 Å². The van der Waals surface area contributed by atoms with Gasteiger partial charge < -0.3 is 9.47 Å². The fourth-order valence-electron chi connectivity index (χ4n) is 7.59. The van der Waals surface area contributed by atoms with Crippen LogP contribution in [0.3, 0.4) is 0 Å². The van der Waals surface area contributed by atoms with Crippen LogP contribution in [0.25, 0.3) is 0 Å². The fourth-order valence-corrected chi connectivity index (χ4v) is 7.59. The third-order valence-electron chi connectivity index (χ3n) is 9.31. The van der Waals surface area contributed by atoms with Crippen molar-refractivity contribution in [2.45, 2.75) is 152 Å². The van der Waals surface area contributed by atoms with Gasteiger partial charge in [0.05, 0.1) is 11.2 Å². The highest BCUT2D eigenvalue weighted by Gasteiger charge is 2.54. The minimum absolute atomic E-state index is 0.0986. The van der Waals surface area contributed by atoms with E-state index in [1.54, 1.807) is 0 Å². The first-order chi connectivity index (χ1) is 16.2. The van der Waals surface area contributed by atoms with Crippen molar-refractivity contribution >= 4 is 11.6 Å². The second-order valence-corrected chi connectivity index (χ2v) is 12.1. The number of ether oxygens (including phenoxy) is 2. The Balaban J connectivity index is 1.25. The summed E-state index contributed by atoms with van der Waals surface area (Å²) < 4.78 is 13.3. The lowest BCUT2D eigenvalue weighted by molar-refractivity contribution is -0.218. The van der Waals surface area contributed by atoms with Gasteiger partial charge in [-0.2, -0.15) is 0 Å². The number of ketones is 2. The van der Waals surface area contributed by atoms with Crippen molar-refractivity contribution in [1.29, 1.82) is 0 Å². The molecule has 0 aromatic carbocycles. The van der Waals surface area contributed by atoms with Crippen LogP contribution in [0.4, 0.5) is 0 Å². The maximum Gasteiger partial charge on any atom is 0.189 e. The Hall–Kier alpha value is -1.26. The Bertz CT molecular complexity index is 780. The molecule has 0 aliphatic carbocycles. The topological polar surface area (TPSA) is 52.6 Å². The molecule has 2 atom stereocenters. The summed E-state index contributed by atoms with van der Waals surface area (Å²) in [6.07, 6.45) is 19.0. The molecule has 4 saturated heterocycles. The van der Waals surface area contributed by atoms with Crippen LogP contribution in [0.1, 0.15) is 129 Å². The van der Waals surface area contributed by atoms with Crippen LogP contribution in [0.15, 0.2) is 24.3 Å². The second-order valence-electron chi connectivity index (χ2n) is 12.1. The Morgan fingerprint density at radius 3 is 1.53 bits per heavy atom. The number of carbonyl (C=O) groups excluding carboxylic acids is 2. The quantitative estimate of drug-likeness (QED) is 0.234. The zero-order valence-corrected chi connectivity index (χ0v) is 21.8. The Kier molecular flexibility index (Phi) is 7.60. The van der Waals surface area contributed by atoms with Crippen LogP contribution >= 0.6 is 0 Å². The smallest absolute Gasteiger partial charge is 0.189 e. The molecule has 4 heteroatoms. The van der Waals surface area contributed by atoms with Crippen LogP contribution in [0.5, 0.6) is 0 Å². The standard InChI is InChI=1S/C30H46O4/c1-23(2)25(31)29-19-11-16-27(33-29,17-12-20-29)13-7-5-6-8-14-28-15-9-10-18-30(34-28,22-21-28)26(32)24(3)4/h1,3,5-22H2,2,4H3/t27-,28?,29+,30-/m1/s1. The van der Waals surface area contributed by atoms with Gasteiger partial charge in [0.25, 0.3) is 0 Å². The van der Waals surface area contributed by atoms with Gasteiger partial charge in [-0.1, -0.05) is 45.3 Å². The molecule has 34 heavy (non-hydrogen) atoms. The lowest BCUT2D eigenvalue weighted by Crippen LogP contribution is -2.56. The first kappa shape index (κ1) is 25.8. The van der Waals surface area contributed by atoms with Gasteiger partial charge in [0.15, 0.2) is 11.6 Å². The molecule has 0 radical (unpaired) electrons. The first-order valence-electron chi connectivity index (χ1n) is 14.0. The largest absolute Gasteiger partial charge is 0.360 e. The van der Waals surface area contributed by atoms with E-state index in [1.807, 2.05) is 13.8 Å². The van der Waals surface area contributed by atoms with E-state index in [2.05, 4.69) is 13.2 Å². The monoisotopic (exact) mass is 470 g/mol. The SMILES string of the molecule is C=C(C)C(=O)[C@@]12CCCCC(CCCCCC[C@]34CCC[C@](C(=O)C(=C)C)(CCC3)O4)(CC1)O2. The molecule has 4 aliphatic heterocycles. The van der Waals surface area contributed by atoms with Gasteiger partial charge in [-0.3, -0.25) is 9.59 Å². The molecule has 4 heterocycles. The predicted octanol–water partition coefficient (Wildman–Crippen LogP) is 7.34. The summed E-state index contributed by atoms with van der Waals surface area (Å²) >= 11 is 0. The summed E-state index contributed by atoms with van der Waals surface area (Å²) in [4.78, 5) is 25.7. The summed E-state index contributed by atoms with van der Waals surface area (Å²) in [7, 11) is 0. The summed E-state index contributed by atoms with van der Waals surface area (Å²) in [5.74, 6) is 0.272. The molecule has 4 nitrogen and oxygen atoms in total. The number of hydrogen-bond acceptors (Lipinski definition) is 4. The number of unbranched alkanes of at least 4 members (excludes halogenated alkanes) is 3. The number of rotatable bonds is 11. The molecule has 4 bridgehead atoms. The zero-order valence-electron chi connectivity index (χ0n) is 21.8. The van der Waals surface area contributed by atoms with Gasteiger partial charge in [0.1, 0.15) is 11.2 Å². The van der Waals surface area contributed by atoms with E-state index in [1.165, 1.54) is 12.8 Å². The van der Waals surface area contributed by atoms with Gasteiger partial charge >= 0.3 is 0 Å². The van der Waals surface area contributed by atoms with Crippen molar-refractivity contribution in [1.82, 2.24) is 0 Å². The maximum atomic E-state index is 12.9.